The minimum atomic E-state index is -0.0365. The molecule has 0 aliphatic rings. The summed E-state index contributed by atoms with van der Waals surface area (Å²) in [6.07, 6.45) is 1.67. The fraction of sp³-hybridized carbons (Fsp3) is 0.200. The van der Waals surface area contributed by atoms with Gasteiger partial charge in [-0.05, 0) is 24.3 Å². The molecule has 1 heterocycles. The number of rotatable bonds is 7. The second kappa shape index (κ2) is 8.03. The molecule has 0 bridgehead atoms. The van der Waals surface area contributed by atoms with Crippen LogP contribution in [0, 0.1) is 5.41 Å². The number of anilines is 1. The van der Waals surface area contributed by atoms with Crippen LogP contribution in [0.5, 0.6) is 0 Å². The number of amidine groups is 1. The summed E-state index contributed by atoms with van der Waals surface area (Å²) < 4.78 is 5.32. The fourth-order valence-corrected chi connectivity index (χ4v) is 2.29. The Kier molecular flexibility index (Phi) is 6.06. The van der Waals surface area contributed by atoms with Crippen molar-refractivity contribution in [1.29, 1.82) is 5.41 Å². The summed E-state index contributed by atoms with van der Waals surface area (Å²) in [5.74, 6) is 0.615. The van der Waals surface area contributed by atoms with Crippen LogP contribution >= 0.6 is 24.2 Å². The summed E-state index contributed by atoms with van der Waals surface area (Å²) in [7, 11) is 0. The molecule has 1 aromatic carbocycles. The molecule has 5 nitrogen and oxygen atoms in total. The maximum atomic E-state index is 7.74. The highest BCUT2D eigenvalue weighted by Gasteiger charge is 2.10. The van der Waals surface area contributed by atoms with E-state index in [0.717, 1.165) is 11.3 Å². The zero-order valence-electron chi connectivity index (χ0n) is 11.8. The number of hydrogen-bond acceptors (Lipinski definition) is 5. The van der Waals surface area contributed by atoms with Crippen molar-refractivity contribution in [1.82, 2.24) is 4.98 Å². The monoisotopic (exact) mass is 336 g/mol. The van der Waals surface area contributed by atoms with Crippen LogP contribution in [-0.4, -0.2) is 29.9 Å². The number of nitrogens with two attached hydrogens (primary N) is 1. The molecule has 0 aliphatic heterocycles. The molecule has 1 aromatic heterocycles. The van der Waals surface area contributed by atoms with Gasteiger partial charge < -0.3 is 15.8 Å². The molecule has 7 heteroatoms. The van der Waals surface area contributed by atoms with Crippen molar-refractivity contribution >= 4 is 35.8 Å². The summed E-state index contributed by atoms with van der Waals surface area (Å²) in [6.45, 7) is 0.873. The smallest absolute Gasteiger partial charge is 0.124 e. The molecule has 0 atom stereocenters. The van der Waals surface area contributed by atoms with E-state index in [0.29, 0.717) is 35.4 Å². The number of ether oxygens (including phenoxy) is 1. The number of nitrogen functional groups attached to an aromatic ring is 1. The van der Waals surface area contributed by atoms with Crippen LogP contribution < -0.4 is 11.1 Å². The number of thiol groups is 1. The first-order valence-electron chi connectivity index (χ1n) is 6.65. The van der Waals surface area contributed by atoms with Gasteiger partial charge in [0.25, 0.3) is 0 Å². The molecular formula is C15H17ClN4OS. The average molecular weight is 337 g/mol. The minimum Gasteiger partial charge on any atom is -0.384 e. The topological polar surface area (TPSA) is 84.0 Å². The average Bonchev–Trinajstić information content (AvgIpc) is 2.52. The van der Waals surface area contributed by atoms with Crippen LogP contribution in [0.1, 0.15) is 5.56 Å². The molecule has 4 N–H and O–H groups in total. The maximum absolute atomic E-state index is 7.74. The highest BCUT2D eigenvalue weighted by molar-refractivity contribution is 7.80. The SMILES string of the molecule is N=C(N)c1cc(-c2ncccc2Cl)ccc1NCOCCS. The number of nitrogens with one attached hydrogen (secondary N) is 2. The van der Waals surface area contributed by atoms with E-state index < -0.39 is 0 Å². The Morgan fingerprint density at radius 3 is 2.91 bits per heavy atom. The third kappa shape index (κ3) is 4.13. The summed E-state index contributed by atoms with van der Waals surface area (Å²) in [5, 5.41) is 11.4. The van der Waals surface area contributed by atoms with Crippen LogP contribution in [-0.2, 0) is 4.74 Å². The minimum absolute atomic E-state index is 0.0365. The first kappa shape index (κ1) is 16.6. The van der Waals surface area contributed by atoms with Gasteiger partial charge in [-0.25, -0.2) is 0 Å². The zero-order valence-corrected chi connectivity index (χ0v) is 13.5. The third-order valence-electron chi connectivity index (χ3n) is 2.94. The van der Waals surface area contributed by atoms with Gasteiger partial charge >= 0.3 is 0 Å². The van der Waals surface area contributed by atoms with E-state index in [1.807, 2.05) is 12.1 Å². The molecule has 116 valence electrons. The van der Waals surface area contributed by atoms with Crippen LogP contribution in [0.4, 0.5) is 5.69 Å². The second-order valence-corrected chi connectivity index (χ2v) is 5.32. The lowest BCUT2D eigenvalue weighted by atomic mass is 10.0. The lowest BCUT2D eigenvalue weighted by molar-refractivity contribution is 0.169. The number of pyridine rings is 1. The lowest BCUT2D eigenvalue weighted by Crippen LogP contribution is -2.16. The molecule has 2 aromatic rings. The highest BCUT2D eigenvalue weighted by Crippen LogP contribution is 2.28. The normalized spacial score (nSPS) is 10.5. The van der Waals surface area contributed by atoms with Gasteiger partial charge in [0, 0.05) is 28.8 Å². The maximum Gasteiger partial charge on any atom is 0.124 e. The Morgan fingerprint density at radius 2 is 2.23 bits per heavy atom. The van der Waals surface area contributed by atoms with Gasteiger partial charge in [0.2, 0.25) is 0 Å². The fourth-order valence-electron chi connectivity index (χ4n) is 1.93. The lowest BCUT2D eigenvalue weighted by Gasteiger charge is -2.13. The highest BCUT2D eigenvalue weighted by atomic mass is 35.5. The standard InChI is InChI=1S/C15H17ClN4OS/c16-12-2-1-5-19-14(12)10-3-4-13(11(8-10)15(17)18)20-9-21-6-7-22/h1-5,8,20,22H,6-7,9H2,(H3,17,18). The van der Waals surface area contributed by atoms with Gasteiger partial charge in [-0.1, -0.05) is 17.7 Å². The molecule has 0 unspecified atom stereocenters. The Balaban J connectivity index is 2.27. The van der Waals surface area contributed by atoms with Crippen molar-refractivity contribution in [3.63, 3.8) is 0 Å². The quantitative estimate of drug-likeness (QED) is 0.206. The van der Waals surface area contributed by atoms with E-state index in [1.165, 1.54) is 0 Å². The Bertz CT molecular complexity index is 666. The van der Waals surface area contributed by atoms with Crippen molar-refractivity contribution < 1.29 is 4.74 Å². The van der Waals surface area contributed by atoms with E-state index in [1.54, 1.807) is 24.4 Å². The number of nitrogens with zero attached hydrogens (tertiary/aromatic N) is 1. The Hall–Kier alpha value is -1.76. The van der Waals surface area contributed by atoms with Gasteiger partial charge in [0.1, 0.15) is 12.6 Å². The number of hydrogen-bond donors (Lipinski definition) is 4. The zero-order chi connectivity index (χ0) is 15.9. The molecule has 2 rings (SSSR count). The van der Waals surface area contributed by atoms with E-state index in [2.05, 4.69) is 22.9 Å². The summed E-state index contributed by atoms with van der Waals surface area (Å²) in [5.41, 5.74) is 8.43. The van der Waals surface area contributed by atoms with Crippen LogP contribution in [0.25, 0.3) is 11.3 Å². The largest absolute Gasteiger partial charge is 0.384 e. The van der Waals surface area contributed by atoms with Crippen molar-refractivity contribution in [3.8, 4) is 11.3 Å². The van der Waals surface area contributed by atoms with Gasteiger partial charge in [0.05, 0.1) is 17.3 Å². The first-order valence-corrected chi connectivity index (χ1v) is 7.66. The molecule has 0 amide bonds. The van der Waals surface area contributed by atoms with Crippen molar-refractivity contribution in [2.45, 2.75) is 0 Å². The molecule has 0 saturated heterocycles. The number of aromatic nitrogens is 1. The second-order valence-electron chi connectivity index (χ2n) is 4.46. The van der Waals surface area contributed by atoms with E-state index in [4.69, 9.17) is 27.5 Å². The van der Waals surface area contributed by atoms with Gasteiger partial charge in [-0.15, -0.1) is 0 Å². The molecule has 22 heavy (non-hydrogen) atoms. The van der Waals surface area contributed by atoms with Gasteiger partial charge in [0.15, 0.2) is 0 Å². The summed E-state index contributed by atoms with van der Waals surface area (Å²) in [6, 6.07) is 9.04. The number of halogens is 1. The van der Waals surface area contributed by atoms with E-state index >= 15 is 0 Å². The molecular weight excluding hydrogens is 320 g/mol. The predicted octanol–water partition coefficient (Wildman–Crippen LogP) is 3.00. The van der Waals surface area contributed by atoms with Crippen LogP contribution in [0.2, 0.25) is 5.02 Å². The van der Waals surface area contributed by atoms with Gasteiger partial charge in [-0.3, -0.25) is 10.4 Å². The van der Waals surface area contributed by atoms with E-state index in [-0.39, 0.29) is 5.84 Å². The third-order valence-corrected chi connectivity index (χ3v) is 3.43. The van der Waals surface area contributed by atoms with Crippen LogP contribution in [0.15, 0.2) is 36.5 Å². The summed E-state index contributed by atoms with van der Waals surface area (Å²) >= 11 is 10.2. The Morgan fingerprint density at radius 1 is 1.41 bits per heavy atom. The van der Waals surface area contributed by atoms with Gasteiger partial charge in [-0.2, -0.15) is 12.6 Å². The van der Waals surface area contributed by atoms with Crippen molar-refractivity contribution in [3.05, 3.63) is 47.1 Å². The van der Waals surface area contributed by atoms with Crippen molar-refractivity contribution in [2.24, 2.45) is 5.73 Å². The molecule has 0 fully saturated rings. The predicted molar refractivity (Wildman–Crippen MR) is 94.0 cm³/mol. The molecule has 0 aliphatic carbocycles. The first-order chi connectivity index (χ1) is 10.6. The molecule has 0 spiro atoms. The summed E-state index contributed by atoms with van der Waals surface area (Å²) in [4.78, 5) is 4.27. The Labute approximate surface area is 139 Å². The number of benzene rings is 1. The van der Waals surface area contributed by atoms with E-state index in [9.17, 15) is 0 Å². The molecule has 0 saturated carbocycles. The van der Waals surface area contributed by atoms with Crippen LogP contribution in [0.3, 0.4) is 0 Å². The van der Waals surface area contributed by atoms with Crippen molar-refractivity contribution in [2.75, 3.05) is 24.4 Å². The molecule has 0 radical (unpaired) electrons.